The van der Waals surface area contributed by atoms with Crippen molar-refractivity contribution in [3.8, 4) is 11.1 Å². The van der Waals surface area contributed by atoms with Crippen LogP contribution in [0, 0.1) is 0 Å². The lowest BCUT2D eigenvalue weighted by Crippen LogP contribution is -2.55. The van der Waals surface area contributed by atoms with E-state index < -0.39 is 0 Å². The molecule has 0 aromatic heterocycles. The van der Waals surface area contributed by atoms with Gasteiger partial charge >= 0.3 is 0 Å². The molecule has 2 N–H and O–H groups in total. The minimum absolute atomic E-state index is 0.0801. The van der Waals surface area contributed by atoms with E-state index in [1.807, 2.05) is 19.1 Å². The van der Waals surface area contributed by atoms with Gasteiger partial charge in [-0.05, 0) is 41.3 Å². The van der Waals surface area contributed by atoms with Gasteiger partial charge in [-0.1, -0.05) is 31.2 Å². The molecule has 4 aliphatic rings. The number of hydrogen-bond acceptors (Lipinski definition) is 4. The zero-order valence-corrected chi connectivity index (χ0v) is 15.6. The fraction of sp³-hybridized carbons (Fsp3) is 0.364. The van der Waals surface area contributed by atoms with Crippen molar-refractivity contribution < 1.29 is 9.59 Å². The van der Waals surface area contributed by atoms with Gasteiger partial charge in [0.1, 0.15) is 6.04 Å². The van der Waals surface area contributed by atoms with Crippen molar-refractivity contribution in [3.05, 3.63) is 48.0 Å². The van der Waals surface area contributed by atoms with Crippen LogP contribution in [0.1, 0.15) is 25.3 Å². The number of amides is 1. The predicted octanol–water partition coefficient (Wildman–Crippen LogP) is 3.00. The van der Waals surface area contributed by atoms with Gasteiger partial charge < -0.3 is 15.5 Å². The van der Waals surface area contributed by atoms with Crippen LogP contribution in [-0.4, -0.2) is 37.4 Å². The molecule has 1 saturated heterocycles. The summed E-state index contributed by atoms with van der Waals surface area (Å²) >= 11 is 0. The molecule has 2 heterocycles. The van der Waals surface area contributed by atoms with E-state index in [1.165, 1.54) is 11.1 Å². The number of Topliss-reactive ketones (excluding diaryl/α,β-unsaturated/α-hetero) is 1. The number of nitrogens with one attached hydrogen (secondary N) is 2. The van der Waals surface area contributed by atoms with Gasteiger partial charge in [0.2, 0.25) is 5.91 Å². The van der Waals surface area contributed by atoms with Crippen molar-refractivity contribution in [1.82, 2.24) is 5.32 Å². The highest BCUT2D eigenvalue weighted by atomic mass is 16.1. The molecule has 0 bridgehead atoms. The topological polar surface area (TPSA) is 61.4 Å². The van der Waals surface area contributed by atoms with Crippen LogP contribution in [-0.2, 0) is 16.0 Å². The summed E-state index contributed by atoms with van der Waals surface area (Å²) in [6.45, 7) is 4.35. The minimum Gasteiger partial charge on any atom is -0.359 e. The van der Waals surface area contributed by atoms with Gasteiger partial charge in [0, 0.05) is 43.9 Å². The molecule has 1 atom stereocenters. The first-order chi connectivity index (χ1) is 13.2. The summed E-state index contributed by atoms with van der Waals surface area (Å²) in [7, 11) is 0. The lowest BCUT2D eigenvalue weighted by molar-refractivity contribution is -0.120. The zero-order valence-electron chi connectivity index (χ0n) is 15.6. The summed E-state index contributed by atoms with van der Waals surface area (Å²) in [5.41, 5.74) is 6.00. The average Bonchev–Trinajstić information content (AvgIpc) is 2.70. The second kappa shape index (κ2) is 7.53. The Morgan fingerprint density at radius 3 is 2.48 bits per heavy atom. The molecular weight excluding hydrogens is 338 g/mol. The number of aryl methyl sites for hydroxylation is 1. The van der Waals surface area contributed by atoms with Crippen molar-refractivity contribution in [2.24, 2.45) is 0 Å². The first kappa shape index (κ1) is 17.7. The number of hydrogen-bond donors (Lipinski definition) is 2. The van der Waals surface area contributed by atoms with E-state index in [0.29, 0.717) is 19.4 Å². The molecule has 1 unspecified atom stereocenters. The van der Waals surface area contributed by atoms with E-state index in [9.17, 15) is 9.59 Å². The van der Waals surface area contributed by atoms with Gasteiger partial charge in [-0.25, -0.2) is 0 Å². The number of carbonyl (C=O) groups excluding carboxylic acids is 2. The molecule has 0 radical (unpaired) electrons. The van der Waals surface area contributed by atoms with E-state index in [1.54, 1.807) is 0 Å². The number of rotatable bonds is 3. The summed E-state index contributed by atoms with van der Waals surface area (Å²) in [5, 5.41) is 6.20. The number of nitrogens with zero attached hydrogens (tertiary/aromatic N) is 1. The third-order valence-corrected chi connectivity index (χ3v) is 5.50. The normalized spacial score (nSPS) is 19.4. The molecule has 2 aliphatic heterocycles. The average molecular weight is 363 g/mol. The van der Waals surface area contributed by atoms with Crippen LogP contribution >= 0.6 is 0 Å². The van der Waals surface area contributed by atoms with Crippen molar-refractivity contribution in [3.63, 3.8) is 0 Å². The summed E-state index contributed by atoms with van der Waals surface area (Å²) < 4.78 is 0. The Kier molecular flexibility index (Phi) is 4.94. The van der Waals surface area contributed by atoms with Crippen LogP contribution in [0.25, 0.3) is 11.1 Å². The summed E-state index contributed by atoms with van der Waals surface area (Å²) in [6, 6.07) is 14.5. The molecular formula is C22H25N3O2. The zero-order chi connectivity index (χ0) is 18.8. The van der Waals surface area contributed by atoms with Gasteiger partial charge in [-0.2, -0.15) is 0 Å². The van der Waals surface area contributed by atoms with Gasteiger partial charge in [-0.15, -0.1) is 0 Å². The highest BCUT2D eigenvalue weighted by molar-refractivity contribution is 5.94. The Balaban J connectivity index is 0.000000250. The Bertz CT molecular complexity index is 839. The second-order valence-electron chi connectivity index (χ2n) is 7.20. The van der Waals surface area contributed by atoms with E-state index in [-0.39, 0.29) is 17.7 Å². The van der Waals surface area contributed by atoms with Crippen LogP contribution in [0.4, 0.5) is 11.4 Å². The van der Waals surface area contributed by atoms with E-state index >= 15 is 0 Å². The summed E-state index contributed by atoms with van der Waals surface area (Å²) in [6.07, 6.45) is 1.87. The van der Waals surface area contributed by atoms with Gasteiger partial charge in [0.25, 0.3) is 0 Å². The third-order valence-electron chi connectivity index (χ3n) is 5.50. The molecule has 0 saturated carbocycles. The largest absolute Gasteiger partial charge is 0.359 e. The van der Waals surface area contributed by atoms with E-state index in [2.05, 4.69) is 45.9 Å². The lowest BCUT2D eigenvalue weighted by atomic mass is 9.95. The number of benzene rings is 2. The van der Waals surface area contributed by atoms with Gasteiger partial charge in [0.05, 0.1) is 0 Å². The number of piperazine rings is 1. The molecule has 5 nitrogen and oxygen atoms in total. The third kappa shape index (κ3) is 3.60. The predicted molar refractivity (Wildman–Crippen MR) is 108 cm³/mol. The van der Waals surface area contributed by atoms with Gasteiger partial charge in [-0.3, -0.25) is 9.59 Å². The molecule has 1 fully saturated rings. The molecule has 5 heteroatoms. The van der Waals surface area contributed by atoms with Crippen LogP contribution in [0.5, 0.6) is 0 Å². The Hall–Kier alpha value is -2.66. The molecule has 27 heavy (non-hydrogen) atoms. The van der Waals surface area contributed by atoms with Crippen molar-refractivity contribution in [2.45, 2.75) is 32.2 Å². The molecule has 140 valence electrons. The number of ketones is 1. The maximum atomic E-state index is 12.1. The monoisotopic (exact) mass is 363 g/mol. The van der Waals surface area contributed by atoms with Crippen molar-refractivity contribution in [1.29, 1.82) is 0 Å². The molecule has 0 spiro atoms. The molecule has 1 aromatic rings. The van der Waals surface area contributed by atoms with Crippen LogP contribution in [0.3, 0.4) is 0 Å². The first-order valence-electron chi connectivity index (χ1n) is 9.69. The standard InChI is InChI=1S/C16H21N3O2.C6H4/c1-2-15(20)14-10-17-7-8-19(14)12-4-5-13-11(9-12)3-6-16(21)18-13;1-2-6-4-3-5(1)6/h4-5,9,14,17H,2-3,6-8,10H2,1H3,(H,18,21);1-4H. The van der Waals surface area contributed by atoms with Gasteiger partial charge in [0.15, 0.2) is 5.78 Å². The highest BCUT2D eigenvalue weighted by Crippen LogP contribution is 2.30. The Morgan fingerprint density at radius 1 is 1.11 bits per heavy atom. The molecule has 1 aromatic carbocycles. The summed E-state index contributed by atoms with van der Waals surface area (Å²) in [5.74, 6) is 0.352. The van der Waals surface area contributed by atoms with Crippen LogP contribution < -0.4 is 15.5 Å². The maximum absolute atomic E-state index is 12.1. The van der Waals surface area contributed by atoms with E-state index in [4.69, 9.17) is 0 Å². The summed E-state index contributed by atoms with van der Waals surface area (Å²) in [4.78, 5) is 25.8. The fourth-order valence-corrected chi connectivity index (χ4v) is 3.75. The van der Waals surface area contributed by atoms with Crippen molar-refractivity contribution >= 4 is 23.1 Å². The van der Waals surface area contributed by atoms with Crippen LogP contribution in [0.2, 0.25) is 0 Å². The first-order valence-corrected chi connectivity index (χ1v) is 9.69. The number of anilines is 2. The Labute approximate surface area is 159 Å². The fourth-order valence-electron chi connectivity index (χ4n) is 3.75. The highest BCUT2D eigenvalue weighted by Gasteiger charge is 2.28. The lowest BCUT2D eigenvalue weighted by Gasteiger charge is -2.37. The number of fused-ring (bicyclic) bond motifs is 2. The quantitative estimate of drug-likeness (QED) is 0.751. The van der Waals surface area contributed by atoms with E-state index in [0.717, 1.165) is 36.4 Å². The number of carbonyl (C=O) groups is 2. The second-order valence-corrected chi connectivity index (χ2v) is 7.20. The Morgan fingerprint density at radius 2 is 1.85 bits per heavy atom. The smallest absolute Gasteiger partial charge is 0.224 e. The minimum atomic E-state index is -0.0834. The van der Waals surface area contributed by atoms with Crippen LogP contribution in [0.15, 0.2) is 42.5 Å². The molecule has 1 amide bonds. The maximum Gasteiger partial charge on any atom is 0.224 e. The molecule has 5 rings (SSSR count). The molecule has 2 aliphatic carbocycles. The SMILES string of the molecule is CCC(=O)C1CNCCN1c1ccc2c(c1)CCC(=O)N2.c1cc2ccc1-2. The van der Waals surface area contributed by atoms with Crippen molar-refractivity contribution in [2.75, 3.05) is 29.9 Å².